The molecule has 0 spiro atoms. The summed E-state index contributed by atoms with van der Waals surface area (Å²) in [5.74, 6) is -1.47. The maximum Gasteiger partial charge on any atom is 0.337 e. The summed E-state index contributed by atoms with van der Waals surface area (Å²) in [6.07, 6.45) is 1.16. The summed E-state index contributed by atoms with van der Waals surface area (Å²) in [6, 6.07) is 12.7. The van der Waals surface area contributed by atoms with E-state index in [1.165, 1.54) is 16.8 Å². The van der Waals surface area contributed by atoms with Gasteiger partial charge in [-0.3, -0.25) is 14.7 Å². The highest BCUT2D eigenvalue weighted by Gasteiger charge is 2.13. The lowest BCUT2D eigenvalue weighted by atomic mass is 10.2. The topological polar surface area (TPSA) is 129 Å². The van der Waals surface area contributed by atoms with Gasteiger partial charge in [-0.1, -0.05) is 18.7 Å². The van der Waals surface area contributed by atoms with Crippen molar-refractivity contribution < 1.29 is 14.7 Å². The standard InChI is InChI=1S/C20H17N5O4/c1-3-17(26)21-13-8-10-14(11-9-13)25-19(27)18(12(2)24-25)23-22-16-7-5-4-6-15(16)20(28)29/h3-11,24H,1H2,2H3,(H,21,26)(H,28,29). The third kappa shape index (κ3) is 4.19. The number of amides is 1. The normalized spacial score (nSPS) is 10.8. The molecule has 0 aliphatic carbocycles. The lowest BCUT2D eigenvalue weighted by Gasteiger charge is -2.04. The van der Waals surface area contributed by atoms with Crippen molar-refractivity contribution in [1.29, 1.82) is 0 Å². The van der Waals surface area contributed by atoms with Crippen LogP contribution in [0.4, 0.5) is 17.1 Å². The van der Waals surface area contributed by atoms with Gasteiger partial charge in [0.2, 0.25) is 5.91 Å². The lowest BCUT2D eigenvalue weighted by molar-refractivity contribution is -0.111. The number of aromatic carboxylic acids is 1. The molecule has 0 atom stereocenters. The Morgan fingerprint density at radius 1 is 1.14 bits per heavy atom. The molecule has 29 heavy (non-hydrogen) atoms. The van der Waals surface area contributed by atoms with Crippen LogP contribution >= 0.6 is 0 Å². The van der Waals surface area contributed by atoms with E-state index in [1.54, 1.807) is 43.3 Å². The van der Waals surface area contributed by atoms with Crippen molar-refractivity contribution in [3.05, 3.63) is 82.8 Å². The first-order chi connectivity index (χ1) is 13.9. The second-order valence-electron chi connectivity index (χ2n) is 5.99. The number of anilines is 1. The van der Waals surface area contributed by atoms with Gasteiger partial charge in [0.15, 0.2) is 5.69 Å². The fraction of sp³-hybridized carbons (Fsp3) is 0.0500. The van der Waals surface area contributed by atoms with Crippen molar-refractivity contribution >= 4 is 28.9 Å². The monoisotopic (exact) mass is 391 g/mol. The van der Waals surface area contributed by atoms with Gasteiger partial charge >= 0.3 is 5.97 Å². The number of nitrogens with one attached hydrogen (secondary N) is 2. The molecule has 1 amide bonds. The van der Waals surface area contributed by atoms with Crippen molar-refractivity contribution in [2.24, 2.45) is 10.2 Å². The van der Waals surface area contributed by atoms with E-state index in [-0.39, 0.29) is 22.8 Å². The molecule has 0 aliphatic rings. The lowest BCUT2D eigenvalue weighted by Crippen LogP contribution is -2.14. The van der Waals surface area contributed by atoms with Crippen molar-refractivity contribution in [2.45, 2.75) is 6.92 Å². The average Bonchev–Trinajstić information content (AvgIpc) is 3.00. The Morgan fingerprint density at radius 2 is 1.83 bits per heavy atom. The second kappa shape index (κ2) is 8.17. The van der Waals surface area contributed by atoms with Gasteiger partial charge in [0.1, 0.15) is 5.69 Å². The number of rotatable bonds is 6. The molecule has 0 saturated carbocycles. The number of hydrogen-bond acceptors (Lipinski definition) is 5. The molecular weight excluding hydrogens is 374 g/mol. The number of aryl methyl sites for hydroxylation is 1. The third-order valence-corrected chi connectivity index (χ3v) is 4.01. The van der Waals surface area contributed by atoms with Gasteiger partial charge in [-0.2, -0.15) is 0 Å². The number of azo groups is 1. The largest absolute Gasteiger partial charge is 0.478 e. The number of carboxylic acids is 1. The minimum absolute atomic E-state index is 0.0121. The molecule has 3 rings (SSSR count). The van der Waals surface area contributed by atoms with Crippen molar-refractivity contribution in [1.82, 2.24) is 9.78 Å². The Balaban J connectivity index is 1.92. The van der Waals surface area contributed by atoms with E-state index < -0.39 is 11.5 Å². The van der Waals surface area contributed by atoms with Crippen LogP contribution in [-0.2, 0) is 4.79 Å². The van der Waals surface area contributed by atoms with Gasteiger partial charge in [0.25, 0.3) is 5.56 Å². The molecule has 146 valence electrons. The smallest absolute Gasteiger partial charge is 0.337 e. The molecule has 0 aliphatic heterocycles. The first-order valence-corrected chi connectivity index (χ1v) is 8.50. The second-order valence-corrected chi connectivity index (χ2v) is 5.99. The molecule has 1 heterocycles. The minimum atomic E-state index is -1.13. The van der Waals surface area contributed by atoms with Gasteiger partial charge < -0.3 is 10.4 Å². The number of benzene rings is 2. The number of aromatic nitrogens is 2. The quantitative estimate of drug-likeness (QED) is 0.437. The Kier molecular flexibility index (Phi) is 5.49. The van der Waals surface area contributed by atoms with E-state index in [2.05, 4.69) is 27.2 Å². The summed E-state index contributed by atoms with van der Waals surface area (Å²) >= 11 is 0. The third-order valence-electron chi connectivity index (χ3n) is 4.01. The van der Waals surface area contributed by atoms with Crippen LogP contribution in [0.1, 0.15) is 16.1 Å². The van der Waals surface area contributed by atoms with Crippen LogP contribution in [0, 0.1) is 6.92 Å². The Hall–Kier alpha value is -4.27. The highest BCUT2D eigenvalue weighted by molar-refractivity contribution is 5.98. The summed E-state index contributed by atoms with van der Waals surface area (Å²) in [4.78, 5) is 35.3. The fourth-order valence-corrected chi connectivity index (χ4v) is 2.57. The van der Waals surface area contributed by atoms with Crippen LogP contribution in [-0.4, -0.2) is 26.8 Å². The number of carbonyl (C=O) groups excluding carboxylic acids is 1. The molecule has 0 bridgehead atoms. The van der Waals surface area contributed by atoms with Gasteiger partial charge in [-0.15, -0.1) is 10.2 Å². The molecule has 3 N–H and O–H groups in total. The molecule has 0 unspecified atom stereocenters. The van der Waals surface area contributed by atoms with Crippen LogP contribution in [0.3, 0.4) is 0 Å². The highest BCUT2D eigenvalue weighted by Crippen LogP contribution is 2.22. The van der Waals surface area contributed by atoms with Crippen molar-refractivity contribution in [3.63, 3.8) is 0 Å². The first-order valence-electron chi connectivity index (χ1n) is 8.50. The maximum absolute atomic E-state index is 12.7. The van der Waals surface area contributed by atoms with Crippen LogP contribution in [0.5, 0.6) is 0 Å². The zero-order chi connectivity index (χ0) is 21.0. The highest BCUT2D eigenvalue weighted by atomic mass is 16.4. The molecule has 9 heteroatoms. The average molecular weight is 391 g/mol. The molecular formula is C20H17N5O4. The molecule has 0 fully saturated rings. The van der Waals surface area contributed by atoms with E-state index in [0.717, 1.165) is 6.08 Å². The molecule has 3 aromatic rings. The van der Waals surface area contributed by atoms with Gasteiger partial charge in [-0.05, 0) is 49.4 Å². The zero-order valence-electron chi connectivity index (χ0n) is 15.4. The summed E-state index contributed by atoms with van der Waals surface area (Å²) in [5, 5.41) is 22.6. The summed E-state index contributed by atoms with van der Waals surface area (Å²) in [7, 11) is 0. The Morgan fingerprint density at radius 3 is 2.48 bits per heavy atom. The van der Waals surface area contributed by atoms with Crippen LogP contribution < -0.4 is 10.9 Å². The summed E-state index contributed by atoms with van der Waals surface area (Å²) in [6.45, 7) is 5.05. The molecule has 2 aromatic carbocycles. The summed E-state index contributed by atoms with van der Waals surface area (Å²) < 4.78 is 1.28. The summed E-state index contributed by atoms with van der Waals surface area (Å²) in [5.41, 5.74) is 1.31. The van der Waals surface area contributed by atoms with Crippen LogP contribution in [0.2, 0.25) is 0 Å². The SMILES string of the molecule is C=CC(=O)Nc1ccc(-n2[nH]c(C)c(N=Nc3ccccc3C(=O)O)c2=O)cc1. The molecule has 0 radical (unpaired) electrons. The van der Waals surface area contributed by atoms with Crippen LogP contribution in [0.15, 0.2) is 76.2 Å². The van der Waals surface area contributed by atoms with E-state index in [1.807, 2.05) is 0 Å². The number of H-pyrrole nitrogens is 1. The number of nitrogens with zero attached hydrogens (tertiary/aromatic N) is 3. The van der Waals surface area contributed by atoms with Crippen LogP contribution in [0.25, 0.3) is 5.69 Å². The van der Waals surface area contributed by atoms with E-state index >= 15 is 0 Å². The molecule has 0 saturated heterocycles. The number of hydrogen-bond donors (Lipinski definition) is 3. The van der Waals surface area contributed by atoms with Gasteiger partial charge in [0.05, 0.1) is 16.9 Å². The first kappa shape index (κ1) is 19.5. The van der Waals surface area contributed by atoms with E-state index in [4.69, 9.17) is 0 Å². The maximum atomic E-state index is 12.7. The van der Waals surface area contributed by atoms with Gasteiger partial charge in [0, 0.05) is 5.69 Å². The van der Waals surface area contributed by atoms with E-state index in [0.29, 0.717) is 17.1 Å². The predicted octanol–water partition coefficient (Wildman–Crippen LogP) is 3.71. The molecule has 1 aromatic heterocycles. The number of carbonyl (C=O) groups is 2. The fourth-order valence-electron chi connectivity index (χ4n) is 2.57. The number of carboxylic acid groups (broad SMARTS) is 1. The number of aromatic amines is 1. The van der Waals surface area contributed by atoms with Crippen molar-refractivity contribution in [2.75, 3.05) is 5.32 Å². The van der Waals surface area contributed by atoms with Crippen molar-refractivity contribution in [3.8, 4) is 5.69 Å². The Bertz CT molecular complexity index is 1170. The molecule has 9 nitrogen and oxygen atoms in total. The Labute approximate surface area is 165 Å². The zero-order valence-corrected chi connectivity index (χ0v) is 15.4. The van der Waals surface area contributed by atoms with Gasteiger partial charge in [-0.25, -0.2) is 9.48 Å². The minimum Gasteiger partial charge on any atom is -0.478 e. The van der Waals surface area contributed by atoms with E-state index in [9.17, 15) is 19.5 Å². The predicted molar refractivity (Wildman–Crippen MR) is 108 cm³/mol.